The number of hydrogen-bond acceptors (Lipinski definition) is 3. The van der Waals surface area contributed by atoms with Gasteiger partial charge in [-0.2, -0.15) is 0 Å². The molecule has 94 valence electrons. The summed E-state index contributed by atoms with van der Waals surface area (Å²) in [6.07, 6.45) is -0.524. The first-order chi connectivity index (χ1) is 8.04. The van der Waals surface area contributed by atoms with E-state index in [9.17, 15) is 4.79 Å². The smallest absolute Gasteiger partial charge is 0.263 e. The molecule has 0 fully saturated rings. The van der Waals surface area contributed by atoms with E-state index in [4.69, 9.17) is 10.6 Å². The van der Waals surface area contributed by atoms with Crippen LogP contribution in [0.25, 0.3) is 0 Å². The largest absolute Gasteiger partial charge is 0.363 e. The Morgan fingerprint density at radius 3 is 2.47 bits per heavy atom. The summed E-state index contributed by atoms with van der Waals surface area (Å²) in [5, 5.41) is 0. The predicted octanol–water partition coefficient (Wildman–Crippen LogP) is 1.98. The molecule has 17 heavy (non-hydrogen) atoms. The van der Waals surface area contributed by atoms with Gasteiger partial charge in [-0.15, -0.1) is 0 Å². The Labute approximate surface area is 110 Å². The number of benzene rings is 1. The van der Waals surface area contributed by atoms with Gasteiger partial charge in [-0.1, -0.05) is 41.9 Å². The second-order valence-electron chi connectivity index (χ2n) is 4.11. The maximum Gasteiger partial charge on any atom is 0.263 e. The maximum atomic E-state index is 11.5. The van der Waals surface area contributed by atoms with E-state index in [-0.39, 0.29) is 11.8 Å². The first-order valence-corrected chi connectivity index (χ1v) is 6.20. The third kappa shape index (κ3) is 4.46. The highest BCUT2D eigenvalue weighted by Gasteiger charge is 2.21. The van der Waals surface area contributed by atoms with E-state index in [1.54, 1.807) is 0 Å². The summed E-state index contributed by atoms with van der Waals surface area (Å²) in [7, 11) is 0. The molecule has 0 spiro atoms. The van der Waals surface area contributed by atoms with Crippen LogP contribution < -0.4 is 11.3 Å². The minimum Gasteiger partial charge on any atom is -0.363 e. The van der Waals surface area contributed by atoms with Gasteiger partial charge >= 0.3 is 0 Å². The van der Waals surface area contributed by atoms with Crippen LogP contribution in [0.4, 0.5) is 0 Å². The second kappa shape index (κ2) is 6.74. The Hall–Kier alpha value is -0.910. The number of hydrogen-bond donors (Lipinski definition) is 2. The van der Waals surface area contributed by atoms with Crippen molar-refractivity contribution in [3.63, 3.8) is 0 Å². The SMILES string of the molecule is CC(C)C(OCc1ccc(Br)cc1)C(=O)NN. The molecule has 0 saturated carbocycles. The highest BCUT2D eigenvalue weighted by Crippen LogP contribution is 2.14. The summed E-state index contributed by atoms with van der Waals surface area (Å²) in [4.78, 5) is 11.5. The Kier molecular flexibility index (Phi) is 5.61. The Bertz CT molecular complexity index is 365. The van der Waals surface area contributed by atoms with Crippen LogP contribution in [-0.4, -0.2) is 12.0 Å². The van der Waals surface area contributed by atoms with Gasteiger partial charge in [0, 0.05) is 4.47 Å². The number of carbonyl (C=O) groups is 1. The summed E-state index contributed by atoms with van der Waals surface area (Å²) in [5.74, 6) is 4.90. The van der Waals surface area contributed by atoms with Gasteiger partial charge in [0.25, 0.3) is 5.91 Å². The quantitative estimate of drug-likeness (QED) is 0.496. The molecule has 0 aromatic heterocycles. The standard InChI is InChI=1S/C12H17BrN2O2/c1-8(2)11(12(16)15-14)17-7-9-3-5-10(13)6-4-9/h3-6,8,11H,7,14H2,1-2H3,(H,15,16). The molecule has 1 rings (SSSR count). The zero-order valence-electron chi connectivity index (χ0n) is 9.94. The molecule has 0 aliphatic rings. The van der Waals surface area contributed by atoms with Crippen LogP contribution in [0.1, 0.15) is 19.4 Å². The predicted molar refractivity (Wildman–Crippen MR) is 69.9 cm³/mol. The van der Waals surface area contributed by atoms with Crippen molar-refractivity contribution in [2.45, 2.75) is 26.6 Å². The fourth-order valence-corrected chi connectivity index (χ4v) is 1.68. The molecule has 3 N–H and O–H groups in total. The van der Waals surface area contributed by atoms with Crippen LogP contribution >= 0.6 is 15.9 Å². The van der Waals surface area contributed by atoms with E-state index in [0.29, 0.717) is 6.61 Å². The van der Waals surface area contributed by atoms with Crippen LogP contribution in [-0.2, 0) is 16.1 Å². The van der Waals surface area contributed by atoms with Crippen molar-refractivity contribution in [2.24, 2.45) is 11.8 Å². The van der Waals surface area contributed by atoms with E-state index in [0.717, 1.165) is 10.0 Å². The van der Waals surface area contributed by atoms with Crippen molar-refractivity contribution >= 4 is 21.8 Å². The zero-order valence-corrected chi connectivity index (χ0v) is 11.5. The molecule has 5 heteroatoms. The van der Waals surface area contributed by atoms with Crippen LogP contribution in [0.2, 0.25) is 0 Å². The lowest BCUT2D eigenvalue weighted by Crippen LogP contribution is -2.43. The molecule has 0 aliphatic heterocycles. The normalized spacial score (nSPS) is 12.5. The zero-order chi connectivity index (χ0) is 12.8. The van der Waals surface area contributed by atoms with Gasteiger partial charge in [0.05, 0.1) is 6.61 Å². The van der Waals surface area contributed by atoms with Crippen molar-refractivity contribution in [1.82, 2.24) is 5.43 Å². The van der Waals surface area contributed by atoms with E-state index >= 15 is 0 Å². The molecule has 1 unspecified atom stereocenters. The number of carbonyl (C=O) groups excluding carboxylic acids is 1. The molecule has 1 amide bonds. The number of nitrogens with two attached hydrogens (primary N) is 1. The lowest BCUT2D eigenvalue weighted by Gasteiger charge is -2.19. The third-order valence-electron chi connectivity index (χ3n) is 2.35. The Balaban J connectivity index is 2.58. The Morgan fingerprint density at radius 2 is 2.00 bits per heavy atom. The van der Waals surface area contributed by atoms with Crippen molar-refractivity contribution in [1.29, 1.82) is 0 Å². The average molecular weight is 301 g/mol. The molecule has 4 nitrogen and oxygen atoms in total. The molecular formula is C12H17BrN2O2. The van der Waals surface area contributed by atoms with Gasteiger partial charge in [0.1, 0.15) is 6.10 Å². The van der Waals surface area contributed by atoms with Crippen LogP contribution in [0.5, 0.6) is 0 Å². The topological polar surface area (TPSA) is 64.3 Å². The first-order valence-electron chi connectivity index (χ1n) is 5.41. The number of halogens is 1. The van der Waals surface area contributed by atoms with Crippen molar-refractivity contribution in [3.05, 3.63) is 34.3 Å². The number of amides is 1. The highest BCUT2D eigenvalue weighted by atomic mass is 79.9. The molecular weight excluding hydrogens is 284 g/mol. The first kappa shape index (κ1) is 14.2. The number of rotatable bonds is 5. The number of hydrazine groups is 1. The lowest BCUT2D eigenvalue weighted by molar-refractivity contribution is -0.136. The molecule has 0 radical (unpaired) electrons. The molecule has 1 aromatic rings. The summed E-state index contributed by atoms with van der Waals surface area (Å²) < 4.78 is 6.59. The van der Waals surface area contributed by atoms with Crippen molar-refractivity contribution in [3.8, 4) is 0 Å². The van der Waals surface area contributed by atoms with Crippen molar-refractivity contribution < 1.29 is 9.53 Å². The molecule has 0 saturated heterocycles. The van der Waals surface area contributed by atoms with Gasteiger partial charge in [-0.3, -0.25) is 10.2 Å². The average Bonchev–Trinajstić information content (AvgIpc) is 2.31. The molecule has 1 atom stereocenters. The van der Waals surface area contributed by atoms with Crippen LogP contribution in [0.3, 0.4) is 0 Å². The third-order valence-corrected chi connectivity index (χ3v) is 2.88. The fraction of sp³-hybridized carbons (Fsp3) is 0.417. The fourth-order valence-electron chi connectivity index (χ4n) is 1.42. The highest BCUT2D eigenvalue weighted by molar-refractivity contribution is 9.10. The van der Waals surface area contributed by atoms with Gasteiger partial charge in [0.15, 0.2) is 0 Å². The monoisotopic (exact) mass is 300 g/mol. The molecule has 1 aromatic carbocycles. The maximum absolute atomic E-state index is 11.5. The van der Waals surface area contributed by atoms with Gasteiger partial charge in [-0.25, -0.2) is 5.84 Å². The second-order valence-corrected chi connectivity index (χ2v) is 5.03. The van der Waals surface area contributed by atoms with Crippen LogP contribution in [0.15, 0.2) is 28.7 Å². The number of nitrogens with one attached hydrogen (secondary N) is 1. The lowest BCUT2D eigenvalue weighted by atomic mass is 10.1. The summed E-state index contributed by atoms with van der Waals surface area (Å²) in [6.45, 7) is 4.23. The minimum atomic E-state index is -0.524. The van der Waals surface area contributed by atoms with E-state index in [1.807, 2.05) is 38.1 Å². The summed E-state index contributed by atoms with van der Waals surface area (Å²) in [5.41, 5.74) is 3.14. The van der Waals surface area contributed by atoms with Crippen LogP contribution in [0, 0.1) is 5.92 Å². The minimum absolute atomic E-state index is 0.0778. The van der Waals surface area contributed by atoms with Gasteiger partial charge < -0.3 is 4.74 Å². The van der Waals surface area contributed by atoms with Gasteiger partial charge in [-0.05, 0) is 23.6 Å². The van der Waals surface area contributed by atoms with Gasteiger partial charge in [0.2, 0.25) is 0 Å². The number of ether oxygens (including phenoxy) is 1. The van der Waals surface area contributed by atoms with E-state index in [2.05, 4.69) is 21.4 Å². The molecule has 0 aliphatic carbocycles. The van der Waals surface area contributed by atoms with E-state index < -0.39 is 6.10 Å². The molecule has 0 bridgehead atoms. The van der Waals surface area contributed by atoms with Crippen molar-refractivity contribution in [2.75, 3.05) is 0 Å². The summed E-state index contributed by atoms with van der Waals surface area (Å²) >= 11 is 3.36. The molecule has 0 heterocycles. The Morgan fingerprint density at radius 1 is 1.41 bits per heavy atom. The summed E-state index contributed by atoms with van der Waals surface area (Å²) in [6, 6.07) is 7.77. The van der Waals surface area contributed by atoms with E-state index in [1.165, 1.54) is 0 Å².